The maximum Gasteiger partial charge on any atom is 0.275 e. The summed E-state index contributed by atoms with van der Waals surface area (Å²) >= 11 is 0. The molecule has 0 bridgehead atoms. The first-order valence-corrected chi connectivity index (χ1v) is 10.1. The molecule has 1 N–H and O–H groups in total. The van der Waals surface area contributed by atoms with Gasteiger partial charge in [0.25, 0.3) is 5.56 Å². The molecule has 154 valence electrons. The number of carbonyl (C=O) groups excluding carboxylic acids is 1. The quantitative estimate of drug-likeness (QED) is 0.730. The molecule has 8 nitrogen and oxygen atoms in total. The van der Waals surface area contributed by atoms with Crippen LogP contribution in [0.25, 0.3) is 5.65 Å². The molecule has 0 aliphatic carbocycles. The molecule has 1 aliphatic heterocycles. The van der Waals surface area contributed by atoms with Crippen LogP contribution in [0, 0.1) is 27.7 Å². The van der Waals surface area contributed by atoms with Gasteiger partial charge in [-0.15, -0.1) is 0 Å². The zero-order valence-corrected chi connectivity index (χ0v) is 17.4. The molecular formula is C21H27N5O3. The fraction of sp³-hybridized carbons (Fsp3) is 0.524. The third kappa shape index (κ3) is 3.59. The molecule has 0 atom stereocenters. The van der Waals surface area contributed by atoms with Crippen molar-refractivity contribution in [1.82, 2.24) is 24.7 Å². The van der Waals surface area contributed by atoms with E-state index < -0.39 is 0 Å². The predicted octanol–water partition coefficient (Wildman–Crippen LogP) is 2.58. The van der Waals surface area contributed by atoms with Gasteiger partial charge in [0.1, 0.15) is 5.76 Å². The first-order valence-electron chi connectivity index (χ1n) is 10.1. The summed E-state index contributed by atoms with van der Waals surface area (Å²) in [5.74, 6) is 1.26. The Morgan fingerprint density at radius 2 is 1.93 bits per heavy atom. The van der Waals surface area contributed by atoms with Crippen LogP contribution in [0.5, 0.6) is 0 Å². The Morgan fingerprint density at radius 1 is 1.21 bits per heavy atom. The maximum absolute atomic E-state index is 12.6. The molecule has 4 heterocycles. The van der Waals surface area contributed by atoms with Gasteiger partial charge in [-0.3, -0.25) is 14.7 Å². The maximum atomic E-state index is 12.6. The van der Waals surface area contributed by atoms with Crippen molar-refractivity contribution in [3.05, 3.63) is 50.4 Å². The third-order valence-corrected chi connectivity index (χ3v) is 6.16. The van der Waals surface area contributed by atoms with Gasteiger partial charge in [-0.05, 0) is 47.0 Å². The van der Waals surface area contributed by atoms with Crippen LogP contribution in [0.15, 0.2) is 15.4 Å². The number of fused-ring (bicyclic) bond motifs is 1. The summed E-state index contributed by atoms with van der Waals surface area (Å²) in [5, 5.41) is 7.18. The van der Waals surface area contributed by atoms with Crippen LogP contribution in [0.3, 0.4) is 0 Å². The Hall–Kier alpha value is -2.90. The molecule has 0 unspecified atom stereocenters. The topological polar surface area (TPSA) is 96.5 Å². The Balaban J connectivity index is 1.39. The SMILES string of the molecule is Cc1noc(C)c1CCC(=O)N1CCC(c2cc3nc(C)c(C)c(=O)n3[nH]2)CC1. The minimum Gasteiger partial charge on any atom is -0.361 e. The molecule has 1 amide bonds. The van der Waals surface area contributed by atoms with Crippen LogP contribution in [0.1, 0.15) is 59.1 Å². The lowest BCUT2D eigenvalue weighted by Gasteiger charge is -2.31. The van der Waals surface area contributed by atoms with Crippen LogP contribution in [-0.4, -0.2) is 43.7 Å². The van der Waals surface area contributed by atoms with Crippen molar-refractivity contribution in [1.29, 1.82) is 0 Å². The fourth-order valence-corrected chi connectivity index (χ4v) is 4.14. The number of aromatic amines is 1. The van der Waals surface area contributed by atoms with Crippen LogP contribution in [0.2, 0.25) is 0 Å². The van der Waals surface area contributed by atoms with E-state index in [4.69, 9.17) is 4.52 Å². The van der Waals surface area contributed by atoms with Gasteiger partial charge in [0, 0.05) is 54.0 Å². The van der Waals surface area contributed by atoms with Crippen molar-refractivity contribution in [3.63, 3.8) is 0 Å². The molecule has 0 radical (unpaired) electrons. The van der Waals surface area contributed by atoms with Gasteiger partial charge in [0.05, 0.1) is 5.69 Å². The largest absolute Gasteiger partial charge is 0.361 e. The minimum atomic E-state index is -0.0503. The Morgan fingerprint density at radius 3 is 2.59 bits per heavy atom. The van der Waals surface area contributed by atoms with E-state index in [0.29, 0.717) is 30.0 Å². The number of nitrogens with one attached hydrogen (secondary N) is 1. The van der Waals surface area contributed by atoms with Crippen molar-refractivity contribution in [2.75, 3.05) is 13.1 Å². The van der Waals surface area contributed by atoms with Crippen molar-refractivity contribution < 1.29 is 9.32 Å². The second-order valence-electron chi connectivity index (χ2n) is 7.99. The highest BCUT2D eigenvalue weighted by Gasteiger charge is 2.25. The first-order chi connectivity index (χ1) is 13.8. The number of H-pyrrole nitrogens is 1. The lowest BCUT2D eigenvalue weighted by Crippen LogP contribution is -2.38. The van der Waals surface area contributed by atoms with E-state index in [1.807, 2.05) is 31.7 Å². The first kappa shape index (κ1) is 19.4. The molecule has 3 aromatic rings. The molecule has 1 saturated heterocycles. The molecule has 3 aromatic heterocycles. The van der Waals surface area contributed by atoms with Gasteiger partial charge in [-0.25, -0.2) is 9.50 Å². The number of hydrogen-bond acceptors (Lipinski definition) is 5. The number of likely N-dealkylation sites (tertiary alicyclic amines) is 1. The van der Waals surface area contributed by atoms with E-state index in [9.17, 15) is 9.59 Å². The van der Waals surface area contributed by atoms with E-state index in [0.717, 1.165) is 54.3 Å². The van der Waals surface area contributed by atoms with Crippen molar-refractivity contribution in [2.24, 2.45) is 0 Å². The van der Waals surface area contributed by atoms with Crippen molar-refractivity contribution >= 4 is 11.6 Å². The van der Waals surface area contributed by atoms with Crippen LogP contribution in [-0.2, 0) is 11.2 Å². The van der Waals surface area contributed by atoms with Crippen LogP contribution in [0.4, 0.5) is 0 Å². The number of amides is 1. The Bertz CT molecular complexity index is 1100. The highest BCUT2D eigenvalue weighted by atomic mass is 16.5. The zero-order valence-electron chi connectivity index (χ0n) is 17.4. The van der Waals surface area contributed by atoms with Crippen molar-refractivity contribution in [2.45, 2.75) is 59.3 Å². The lowest BCUT2D eigenvalue weighted by molar-refractivity contribution is -0.132. The number of piperidine rings is 1. The van der Waals surface area contributed by atoms with Crippen LogP contribution < -0.4 is 5.56 Å². The van der Waals surface area contributed by atoms with E-state index >= 15 is 0 Å². The lowest BCUT2D eigenvalue weighted by atomic mass is 9.93. The molecule has 0 aromatic carbocycles. The summed E-state index contributed by atoms with van der Waals surface area (Å²) in [6.45, 7) is 8.89. The molecule has 29 heavy (non-hydrogen) atoms. The van der Waals surface area contributed by atoms with E-state index in [2.05, 4.69) is 15.2 Å². The predicted molar refractivity (Wildman–Crippen MR) is 108 cm³/mol. The smallest absolute Gasteiger partial charge is 0.275 e. The molecule has 1 aliphatic rings. The number of carbonyl (C=O) groups is 1. The van der Waals surface area contributed by atoms with Crippen LogP contribution >= 0.6 is 0 Å². The second kappa shape index (κ2) is 7.50. The van der Waals surface area contributed by atoms with Gasteiger partial charge < -0.3 is 9.42 Å². The average Bonchev–Trinajstić information content (AvgIpc) is 3.28. The standard InChI is InChI=1S/C21H27N5O3/c1-12-13(2)22-19-11-18(23-26(19)21(12)28)16-7-9-25(10-8-16)20(27)6-5-17-14(3)24-29-15(17)4/h11,16,23H,5-10H2,1-4H3. The van der Waals surface area contributed by atoms with Gasteiger partial charge in [0.2, 0.25) is 5.91 Å². The zero-order chi connectivity index (χ0) is 20.7. The summed E-state index contributed by atoms with van der Waals surface area (Å²) in [5.41, 5.74) is 4.95. The molecular weight excluding hydrogens is 370 g/mol. The average molecular weight is 397 g/mol. The Labute approximate surface area is 168 Å². The number of nitrogens with zero attached hydrogens (tertiary/aromatic N) is 4. The summed E-state index contributed by atoms with van der Waals surface area (Å²) < 4.78 is 6.70. The third-order valence-electron chi connectivity index (χ3n) is 6.16. The molecule has 4 rings (SSSR count). The molecule has 0 spiro atoms. The monoisotopic (exact) mass is 397 g/mol. The second-order valence-corrected chi connectivity index (χ2v) is 7.99. The normalized spacial score (nSPS) is 15.4. The summed E-state index contributed by atoms with van der Waals surface area (Å²) in [7, 11) is 0. The number of rotatable bonds is 4. The van der Waals surface area contributed by atoms with Crippen molar-refractivity contribution in [3.8, 4) is 0 Å². The summed E-state index contributed by atoms with van der Waals surface area (Å²) in [4.78, 5) is 31.5. The molecule has 1 fully saturated rings. The van der Waals surface area contributed by atoms with Gasteiger partial charge in [-0.1, -0.05) is 5.16 Å². The summed E-state index contributed by atoms with van der Waals surface area (Å²) in [6, 6.07) is 1.97. The van der Waals surface area contributed by atoms with Gasteiger partial charge in [0.15, 0.2) is 5.65 Å². The molecule has 0 saturated carbocycles. The van der Waals surface area contributed by atoms with E-state index in [1.165, 1.54) is 4.52 Å². The van der Waals surface area contributed by atoms with E-state index in [-0.39, 0.29) is 11.5 Å². The fourth-order valence-electron chi connectivity index (χ4n) is 4.14. The highest BCUT2D eigenvalue weighted by molar-refractivity contribution is 5.76. The number of hydrogen-bond donors (Lipinski definition) is 1. The van der Waals surface area contributed by atoms with Gasteiger partial charge >= 0.3 is 0 Å². The summed E-state index contributed by atoms with van der Waals surface area (Å²) in [6.07, 6.45) is 2.88. The highest BCUT2D eigenvalue weighted by Crippen LogP contribution is 2.28. The minimum absolute atomic E-state index is 0.0503. The Kier molecular flexibility index (Phi) is 5.02. The number of aromatic nitrogens is 4. The number of aryl methyl sites for hydroxylation is 3. The van der Waals surface area contributed by atoms with E-state index in [1.54, 1.807) is 6.92 Å². The van der Waals surface area contributed by atoms with Gasteiger partial charge in [-0.2, -0.15) is 0 Å². The molecule has 8 heteroatoms.